The van der Waals surface area contributed by atoms with Crippen molar-refractivity contribution in [2.75, 3.05) is 13.1 Å². The number of amides is 1. The maximum absolute atomic E-state index is 12.4. The van der Waals surface area contributed by atoms with Crippen LogP contribution in [0.1, 0.15) is 46.5 Å². The van der Waals surface area contributed by atoms with Crippen LogP contribution in [0.15, 0.2) is 0 Å². The summed E-state index contributed by atoms with van der Waals surface area (Å²) in [6, 6.07) is 0.840. The zero-order valence-electron chi connectivity index (χ0n) is 12.3. The molecule has 0 unspecified atom stereocenters. The molecule has 1 saturated heterocycles. The molecule has 0 aromatic heterocycles. The lowest BCUT2D eigenvalue weighted by Crippen LogP contribution is -2.60. The van der Waals surface area contributed by atoms with Crippen LogP contribution < -0.4 is 5.32 Å². The second kappa shape index (κ2) is 4.65. The number of carbonyl (C=O) groups excluding carboxylic acids is 1. The van der Waals surface area contributed by atoms with Crippen molar-refractivity contribution in [1.29, 1.82) is 0 Å². The summed E-state index contributed by atoms with van der Waals surface area (Å²) in [5, 5.41) is 3.65. The molecule has 0 radical (unpaired) electrons. The molecule has 1 aliphatic heterocycles. The summed E-state index contributed by atoms with van der Waals surface area (Å²) in [6.45, 7) is 7.61. The number of rotatable bonds is 2. The first kappa shape index (κ1) is 13.2. The Bertz CT molecular complexity index is 356. The molecule has 4 heteroatoms. The molecular formula is C15H26N2O2. The van der Waals surface area contributed by atoms with Crippen molar-refractivity contribution in [1.82, 2.24) is 10.2 Å². The van der Waals surface area contributed by atoms with Crippen molar-refractivity contribution in [3.05, 3.63) is 0 Å². The number of nitrogens with zero attached hydrogens (tertiary/aromatic N) is 1. The third kappa shape index (κ3) is 3.22. The molecule has 1 N–H and O–H groups in total. The lowest BCUT2D eigenvalue weighted by molar-refractivity contribution is 0.00348. The predicted molar refractivity (Wildman–Crippen MR) is 74.0 cm³/mol. The van der Waals surface area contributed by atoms with Gasteiger partial charge in [-0.3, -0.25) is 0 Å². The largest absolute Gasteiger partial charge is 0.444 e. The molecule has 0 aromatic carbocycles. The Kier molecular flexibility index (Phi) is 3.24. The van der Waals surface area contributed by atoms with Crippen LogP contribution in [0.4, 0.5) is 4.79 Å². The van der Waals surface area contributed by atoms with Gasteiger partial charge in [-0.1, -0.05) is 0 Å². The highest BCUT2D eigenvalue weighted by Gasteiger charge is 2.45. The Balaban J connectivity index is 1.67. The fraction of sp³-hybridized carbons (Fsp3) is 0.933. The Morgan fingerprint density at radius 3 is 2.32 bits per heavy atom. The van der Waals surface area contributed by atoms with Crippen molar-refractivity contribution < 1.29 is 9.53 Å². The zero-order valence-corrected chi connectivity index (χ0v) is 12.3. The van der Waals surface area contributed by atoms with Gasteiger partial charge in [0.2, 0.25) is 0 Å². The number of nitrogens with one attached hydrogen (secondary N) is 1. The molecule has 3 rings (SSSR count). The minimum atomic E-state index is -0.398. The first-order chi connectivity index (χ1) is 8.94. The van der Waals surface area contributed by atoms with Crippen LogP contribution in [0, 0.1) is 11.8 Å². The highest BCUT2D eigenvalue weighted by atomic mass is 16.6. The summed E-state index contributed by atoms with van der Waals surface area (Å²) >= 11 is 0. The molecule has 19 heavy (non-hydrogen) atoms. The van der Waals surface area contributed by atoms with Crippen LogP contribution in [0.2, 0.25) is 0 Å². The fourth-order valence-corrected chi connectivity index (χ4v) is 3.04. The molecule has 2 aliphatic carbocycles. The number of piperazine rings is 1. The Hall–Kier alpha value is -0.770. The zero-order chi connectivity index (χ0) is 13.6. The third-order valence-corrected chi connectivity index (χ3v) is 4.37. The van der Waals surface area contributed by atoms with E-state index in [0.29, 0.717) is 18.0 Å². The van der Waals surface area contributed by atoms with Crippen molar-refractivity contribution in [2.45, 2.75) is 64.1 Å². The van der Waals surface area contributed by atoms with Gasteiger partial charge in [-0.25, -0.2) is 4.79 Å². The van der Waals surface area contributed by atoms with Crippen LogP contribution in [-0.4, -0.2) is 41.8 Å². The molecule has 0 spiro atoms. The van der Waals surface area contributed by atoms with E-state index in [2.05, 4.69) is 5.32 Å². The maximum Gasteiger partial charge on any atom is 0.410 e. The van der Waals surface area contributed by atoms with E-state index in [1.54, 1.807) is 0 Å². The smallest absolute Gasteiger partial charge is 0.410 e. The molecule has 4 nitrogen and oxygen atoms in total. The molecule has 2 saturated carbocycles. The summed E-state index contributed by atoms with van der Waals surface area (Å²) in [6.07, 6.45) is 5.04. The van der Waals surface area contributed by atoms with Crippen LogP contribution in [-0.2, 0) is 4.74 Å². The fourth-order valence-electron chi connectivity index (χ4n) is 3.04. The molecule has 1 amide bonds. The number of carbonyl (C=O) groups is 1. The third-order valence-electron chi connectivity index (χ3n) is 4.37. The lowest BCUT2D eigenvalue weighted by atomic mass is 10.0. The second-order valence-electron chi connectivity index (χ2n) is 7.39. The highest BCUT2D eigenvalue weighted by molar-refractivity contribution is 5.69. The van der Waals surface area contributed by atoms with Gasteiger partial charge < -0.3 is 15.0 Å². The Morgan fingerprint density at radius 2 is 1.79 bits per heavy atom. The average Bonchev–Trinajstić information content (AvgIpc) is 3.16. The van der Waals surface area contributed by atoms with E-state index in [9.17, 15) is 4.79 Å². The van der Waals surface area contributed by atoms with E-state index in [-0.39, 0.29) is 6.09 Å². The highest BCUT2D eigenvalue weighted by Crippen LogP contribution is 2.40. The summed E-state index contributed by atoms with van der Waals surface area (Å²) in [4.78, 5) is 14.4. The van der Waals surface area contributed by atoms with E-state index in [4.69, 9.17) is 4.74 Å². The minimum Gasteiger partial charge on any atom is -0.444 e. The first-order valence-electron chi connectivity index (χ1n) is 7.67. The Labute approximate surface area is 115 Å². The van der Waals surface area contributed by atoms with Crippen LogP contribution in [0.3, 0.4) is 0 Å². The van der Waals surface area contributed by atoms with Gasteiger partial charge >= 0.3 is 6.09 Å². The van der Waals surface area contributed by atoms with Crippen molar-refractivity contribution >= 4 is 6.09 Å². The van der Waals surface area contributed by atoms with Crippen molar-refractivity contribution in [2.24, 2.45) is 11.8 Å². The molecule has 0 aromatic rings. The Morgan fingerprint density at radius 1 is 1.16 bits per heavy atom. The van der Waals surface area contributed by atoms with Gasteiger partial charge in [0.05, 0.1) is 6.04 Å². The SMILES string of the molecule is CC(C)(C)OC(=O)N1C[C@@H](C2CC2)NC[C@H]1C1CC1. The topological polar surface area (TPSA) is 41.6 Å². The van der Waals surface area contributed by atoms with Gasteiger partial charge in [-0.05, 0) is 58.3 Å². The molecular weight excluding hydrogens is 240 g/mol. The predicted octanol–water partition coefficient (Wildman–Crippen LogP) is 2.38. The summed E-state index contributed by atoms with van der Waals surface area (Å²) in [7, 11) is 0. The number of ether oxygens (including phenoxy) is 1. The van der Waals surface area contributed by atoms with E-state index in [1.807, 2.05) is 25.7 Å². The molecule has 0 bridgehead atoms. The van der Waals surface area contributed by atoms with Gasteiger partial charge in [0.25, 0.3) is 0 Å². The number of hydrogen-bond donors (Lipinski definition) is 1. The summed E-state index contributed by atoms with van der Waals surface area (Å²) in [5.74, 6) is 1.48. The van der Waals surface area contributed by atoms with Gasteiger partial charge in [0, 0.05) is 19.1 Å². The van der Waals surface area contributed by atoms with Gasteiger partial charge in [0.1, 0.15) is 5.60 Å². The van der Waals surface area contributed by atoms with E-state index < -0.39 is 5.60 Å². The van der Waals surface area contributed by atoms with Gasteiger partial charge in [-0.2, -0.15) is 0 Å². The first-order valence-corrected chi connectivity index (χ1v) is 7.67. The molecule has 3 aliphatic rings. The van der Waals surface area contributed by atoms with Crippen molar-refractivity contribution in [3.8, 4) is 0 Å². The van der Waals surface area contributed by atoms with Crippen molar-refractivity contribution in [3.63, 3.8) is 0 Å². The average molecular weight is 266 g/mol. The summed E-state index contributed by atoms with van der Waals surface area (Å²) < 4.78 is 5.59. The molecule has 2 atom stereocenters. The quantitative estimate of drug-likeness (QED) is 0.834. The lowest BCUT2D eigenvalue weighted by Gasteiger charge is -2.41. The van der Waals surface area contributed by atoms with E-state index >= 15 is 0 Å². The van der Waals surface area contributed by atoms with Gasteiger partial charge in [-0.15, -0.1) is 0 Å². The van der Waals surface area contributed by atoms with E-state index in [0.717, 1.165) is 19.0 Å². The second-order valence-corrected chi connectivity index (χ2v) is 7.39. The van der Waals surface area contributed by atoms with Crippen LogP contribution in [0.5, 0.6) is 0 Å². The van der Waals surface area contributed by atoms with E-state index in [1.165, 1.54) is 25.7 Å². The monoisotopic (exact) mass is 266 g/mol. The summed E-state index contributed by atoms with van der Waals surface area (Å²) in [5.41, 5.74) is -0.398. The minimum absolute atomic E-state index is 0.114. The van der Waals surface area contributed by atoms with Crippen LogP contribution in [0.25, 0.3) is 0 Å². The van der Waals surface area contributed by atoms with Crippen LogP contribution >= 0.6 is 0 Å². The molecule has 1 heterocycles. The standard InChI is InChI=1S/C15H26N2O2/c1-15(2,3)19-14(18)17-9-12(10-4-5-10)16-8-13(17)11-6-7-11/h10-13,16H,4-9H2,1-3H3/t12-,13-/m0/s1. The maximum atomic E-state index is 12.4. The van der Waals surface area contributed by atoms with Gasteiger partial charge in [0.15, 0.2) is 0 Å². The normalized spacial score (nSPS) is 32.3. The molecule has 108 valence electrons. The number of hydrogen-bond acceptors (Lipinski definition) is 3. The molecule has 3 fully saturated rings.